The number of rotatable bonds is 1. The van der Waals surface area contributed by atoms with E-state index in [2.05, 4.69) is 12.1 Å². The Morgan fingerprint density at radius 3 is 2.75 bits per heavy atom. The van der Waals surface area contributed by atoms with Gasteiger partial charge in [0, 0.05) is 6.61 Å². The zero-order valence-electron chi connectivity index (χ0n) is 5.22. The Bertz CT molecular complexity index is 94.7. The van der Waals surface area contributed by atoms with Gasteiger partial charge < -0.3 is 4.74 Å². The van der Waals surface area contributed by atoms with Gasteiger partial charge in [-0.2, -0.15) is 10.5 Å². The van der Waals surface area contributed by atoms with Crippen LogP contribution in [0.1, 0.15) is 12.8 Å². The molecular formula is C6H12OS. The molecule has 0 aromatic heterocycles. The molecule has 0 radical (unpaired) electrons. The fourth-order valence-corrected chi connectivity index (χ4v) is 1.76. The molecule has 48 valence electrons. The highest BCUT2D eigenvalue weighted by Gasteiger charge is 2.14. The minimum absolute atomic E-state index is 0.237. The van der Waals surface area contributed by atoms with Crippen molar-refractivity contribution in [1.82, 2.24) is 0 Å². The molecule has 0 bridgehead atoms. The fourth-order valence-electron chi connectivity index (χ4n) is 0.865. The second-order valence-electron chi connectivity index (χ2n) is 2.13. The van der Waals surface area contributed by atoms with Crippen LogP contribution in [0.25, 0.3) is 0 Å². The van der Waals surface area contributed by atoms with E-state index in [1.165, 1.54) is 12.8 Å². The van der Waals surface area contributed by atoms with Gasteiger partial charge in [-0.05, 0) is 19.1 Å². The minimum atomic E-state index is 0.237. The summed E-state index contributed by atoms with van der Waals surface area (Å²) < 4.78 is 5.36. The maximum Gasteiger partial charge on any atom is 0.0974 e. The lowest BCUT2D eigenvalue weighted by molar-refractivity contribution is 0.173. The van der Waals surface area contributed by atoms with Crippen LogP contribution in [-0.4, -0.2) is 24.2 Å². The van der Waals surface area contributed by atoms with E-state index < -0.39 is 0 Å². The third kappa shape index (κ3) is 1.33. The van der Waals surface area contributed by atoms with Gasteiger partial charge in [-0.3, -0.25) is 0 Å². The van der Waals surface area contributed by atoms with Crippen molar-refractivity contribution in [3.8, 4) is 0 Å². The molecule has 1 rings (SSSR count). The second kappa shape index (κ2) is 2.65. The predicted octanol–water partition coefficient (Wildman–Crippen LogP) is 1.45. The third-order valence-corrected chi connectivity index (χ3v) is 2.61. The summed E-state index contributed by atoms with van der Waals surface area (Å²) >= 11 is 0. The van der Waals surface area contributed by atoms with Crippen molar-refractivity contribution in [3.63, 3.8) is 0 Å². The topological polar surface area (TPSA) is 9.23 Å². The van der Waals surface area contributed by atoms with Crippen LogP contribution in [0, 0.1) is 0 Å². The summed E-state index contributed by atoms with van der Waals surface area (Å²) in [5.41, 5.74) is 0.481. The first-order valence-electron chi connectivity index (χ1n) is 2.87. The van der Waals surface area contributed by atoms with E-state index in [0.717, 1.165) is 6.61 Å². The Hall–Kier alpha value is 0.180. The smallest absolute Gasteiger partial charge is 0.0974 e. The first kappa shape index (κ1) is 6.30. The molecule has 1 heterocycles. The maximum absolute atomic E-state index is 5.36. The number of hydrogen-bond donors (Lipinski definition) is 0. The van der Waals surface area contributed by atoms with Crippen LogP contribution in [0.4, 0.5) is 0 Å². The van der Waals surface area contributed by atoms with Gasteiger partial charge >= 0.3 is 0 Å². The standard InChI is InChI=1S/C6H12OS/c1-8(2)6-4-3-5-7-6/h6H,1,3-5H2,2H3. The molecule has 1 nitrogen and oxygen atoms in total. The predicted molar refractivity (Wildman–Crippen MR) is 39.6 cm³/mol. The van der Waals surface area contributed by atoms with E-state index in [1.807, 2.05) is 0 Å². The summed E-state index contributed by atoms with van der Waals surface area (Å²) in [7, 11) is 0.237. The summed E-state index contributed by atoms with van der Waals surface area (Å²) in [5, 5.41) is 0. The van der Waals surface area contributed by atoms with Crippen molar-refractivity contribution < 1.29 is 4.74 Å². The highest BCUT2D eigenvalue weighted by Crippen LogP contribution is 2.24. The number of ether oxygens (including phenoxy) is 1. The van der Waals surface area contributed by atoms with Crippen molar-refractivity contribution in [2.24, 2.45) is 0 Å². The summed E-state index contributed by atoms with van der Waals surface area (Å²) in [6.45, 7) is 0.956. The fraction of sp³-hybridized carbons (Fsp3) is 0.833. The van der Waals surface area contributed by atoms with E-state index in [0.29, 0.717) is 5.44 Å². The molecular weight excluding hydrogens is 120 g/mol. The van der Waals surface area contributed by atoms with Gasteiger partial charge in [-0.15, -0.1) is 0 Å². The summed E-state index contributed by atoms with van der Waals surface area (Å²) in [4.78, 5) is 0. The van der Waals surface area contributed by atoms with E-state index in [9.17, 15) is 0 Å². The van der Waals surface area contributed by atoms with Gasteiger partial charge in [0.25, 0.3) is 0 Å². The second-order valence-corrected chi connectivity index (χ2v) is 4.04. The zero-order chi connectivity index (χ0) is 5.98. The molecule has 0 aromatic carbocycles. The van der Waals surface area contributed by atoms with Crippen LogP contribution in [0.2, 0.25) is 0 Å². The monoisotopic (exact) mass is 132 g/mol. The Morgan fingerprint density at radius 2 is 2.50 bits per heavy atom. The zero-order valence-corrected chi connectivity index (χ0v) is 6.04. The molecule has 1 aliphatic rings. The SMILES string of the molecule is C=S(C)C1CCCO1. The van der Waals surface area contributed by atoms with E-state index in [-0.39, 0.29) is 10.5 Å². The van der Waals surface area contributed by atoms with Crippen LogP contribution in [0.3, 0.4) is 0 Å². The molecule has 0 N–H and O–H groups in total. The van der Waals surface area contributed by atoms with E-state index in [4.69, 9.17) is 4.74 Å². The molecule has 0 saturated carbocycles. The van der Waals surface area contributed by atoms with Gasteiger partial charge in [0.1, 0.15) is 0 Å². The molecule has 8 heavy (non-hydrogen) atoms. The lowest BCUT2D eigenvalue weighted by Gasteiger charge is -2.07. The van der Waals surface area contributed by atoms with E-state index in [1.54, 1.807) is 0 Å². The summed E-state index contributed by atoms with van der Waals surface area (Å²) in [6.07, 6.45) is 4.59. The lowest BCUT2D eigenvalue weighted by atomic mass is 10.4. The third-order valence-electron chi connectivity index (χ3n) is 1.34. The van der Waals surface area contributed by atoms with Gasteiger partial charge in [0.2, 0.25) is 0 Å². The highest BCUT2D eigenvalue weighted by atomic mass is 32.2. The average molecular weight is 132 g/mol. The van der Waals surface area contributed by atoms with Crippen LogP contribution < -0.4 is 0 Å². The van der Waals surface area contributed by atoms with Gasteiger partial charge in [0.05, 0.1) is 5.44 Å². The Balaban J connectivity index is 2.35. The molecule has 2 unspecified atom stereocenters. The molecule has 2 atom stereocenters. The Labute approximate surface area is 53.0 Å². The molecule has 0 aliphatic carbocycles. The molecule has 0 aromatic rings. The Morgan fingerprint density at radius 1 is 1.75 bits per heavy atom. The number of hydrogen-bond acceptors (Lipinski definition) is 1. The van der Waals surface area contributed by atoms with Crippen LogP contribution in [0.5, 0.6) is 0 Å². The van der Waals surface area contributed by atoms with Crippen molar-refractivity contribution in [2.45, 2.75) is 18.3 Å². The highest BCUT2D eigenvalue weighted by molar-refractivity contribution is 8.13. The van der Waals surface area contributed by atoms with Crippen molar-refractivity contribution in [3.05, 3.63) is 0 Å². The molecule has 1 aliphatic heterocycles. The van der Waals surface area contributed by atoms with Crippen molar-refractivity contribution in [2.75, 3.05) is 12.9 Å². The normalized spacial score (nSPS) is 32.9. The lowest BCUT2D eigenvalue weighted by Crippen LogP contribution is -1.98. The van der Waals surface area contributed by atoms with Gasteiger partial charge in [-0.1, -0.05) is 5.87 Å². The molecule has 1 fully saturated rings. The molecule has 0 amide bonds. The minimum Gasteiger partial charge on any atom is -0.368 e. The van der Waals surface area contributed by atoms with Crippen molar-refractivity contribution >= 4 is 16.4 Å². The Kier molecular flexibility index (Phi) is 2.08. The maximum atomic E-state index is 5.36. The first-order valence-corrected chi connectivity index (χ1v) is 4.73. The quantitative estimate of drug-likeness (QED) is 0.491. The average Bonchev–Trinajstić information content (AvgIpc) is 2.12. The summed E-state index contributed by atoms with van der Waals surface area (Å²) in [6, 6.07) is 0. The largest absolute Gasteiger partial charge is 0.368 e. The van der Waals surface area contributed by atoms with Crippen LogP contribution in [0.15, 0.2) is 0 Å². The van der Waals surface area contributed by atoms with Gasteiger partial charge in [0.15, 0.2) is 0 Å². The molecule has 2 heteroatoms. The van der Waals surface area contributed by atoms with Crippen molar-refractivity contribution in [1.29, 1.82) is 0 Å². The first-order chi connectivity index (χ1) is 3.80. The summed E-state index contributed by atoms with van der Waals surface area (Å²) in [5.74, 6) is 3.92. The van der Waals surface area contributed by atoms with E-state index >= 15 is 0 Å². The molecule has 1 saturated heterocycles. The van der Waals surface area contributed by atoms with Crippen LogP contribution >= 0.6 is 10.5 Å². The van der Waals surface area contributed by atoms with Gasteiger partial charge in [-0.25, -0.2) is 0 Å². The van der Waals surface area contributed by atoms with Crippen LogP contribution in [-0.2, 0) is 4.74 Å². The molecule has 0 spiro atoms.